The average Bonchev–Trinajstić information content (AvgIpc) is 2.90. The SMILES string of the molecule is CC(C)Nc1nc2ccc(C(C=O)c3ccccc3F)nc2s1. The number of thiazole rings is 1. The highest BCUT2D eigenvalue weighted by Crippen LogP contribution is 2.29. The molecule has 0 spiro atoms. The zero-order chi connectivity index (χ0) is 16.4. The molecular formula is C17H16FN3OS. The van der Waals surface area contributed by atoms with Gasteiger partial charge in [-0.1, -0.05) is 29.5 Å². The van der Waals surface area contributed by atoms with Gasteiger partial charge in [0.1, 0.15) is 22.5 Å². The van der Waals surface area contributed by atoms with E-state index in [-0.39, 0.29) is 6.04 Å². The molecule has 0 fully saturated rings. The zero-order valence-corrected chi connectivity index (χ0v) is 13.6. The Morgan fingerprint density at radius 3 is 2.65 bits per heavy atom. The molecule has 2 aromatic heterocycles. The molecule has 3 rings (SSSR count). The van der Waals surface area contributed by atoms with Gasteiger partial charge in [0.25, 0.3) is 0 Å². The van der Waals surface area contributed by atoms with Gasteiger partial charge < -0.3 is 10.1 Å². The van der Waals surface area contributed by atoms with Crippen molar-refractivity contribution in [3.05, 3.63) is 53.5 Å². The first-order valence-corrected chi connectivity index (χ1v) is 8.14. The molecule has 1 N–H and O–H groups in total. The van der Waals surface area contributed by atoms with Crippen LogP contribution in [-0.2, 0) is 4.79 Å². The van der Waals surface area contributed by atoms with Crippen molar-refractivity contribution in [1.82, 2.24) is 9.97 Å². The molecule has 0 aliphatic carbocycles. The Hall–Kier alpha value is -2.34. The highest BCUT2D eigenvalue weighted by Gasteiger charge is 2.19. The van der Waals surface area contributed by atoms with Crippen molar-refractivity contribution in [1.29, 1.82) is 0 Å². The average molecular weight is 329 g/mol. The van der Waals surface area contributed by atoms with E-state index in [0.717, 1.165) is 21.8 Å². The molecule has 6 heteroatoms. The summed E-state index contributed by atoms with van der Waals surface area (Å²) in [6.45, 7) is 4.07. The van der Waals surface area contributed by atoms with E-state index in [9.17, 15) is 9.18 Å². The number of nitrogens with one attached hydrogen (secondary N) is 1. The number of pyridine rings is 1. The fourth-order valence-corrected chi connectivity index (χ4v) is 3.33. The van der Waals surface area contributed by atoms with Crippen molar-refractivity contribution >= 4 is 33.1 Å². The minimum atomic E-state index is -0.718. The van der Waals surface area contributed by atoms with Crippen LogP contribution in [0.25, 0.3) is 10.3 Å². The molecule has 4 nitrogen and oxygen atoms in total. The molecule has 118 valence electrons. The summed E-state index contributed by atoms with van der Waals surface area (Å²) in [6, 6.07) is 10.1. The topological polar surface area (TPSA) is 54.9 Å². The van der Waals surface area contributed by atoms with Crippen molar-refractivity contribution in [2.75, 3.05) is 5.32 Å². The molecule has 0 saturated carbocycles. The second-order valence-corrected chi connectivity index (χ2v) is 6.49. The fraction of sp³-hybridized carbons (Fsp3) is 0.235. The van der Waals surface area contributed by atoms with E-state index >= 15 is 0 Å². The number of aldehydes is 1. The lowest BCUT2D eigenvalue weighted by Crippen LogP contribution is -2.08. The molecule has 0 aliphatic heterocycles. The van der Waals surface area contributed by atoms with Gasteiger partial charge in [-0.05, 0) is 32.0 Å². The van der Waals surface area contributed by atoms with Gasteiger partial charge in [-0.15, -0.1) is 0 Å². The van der Waals surface area contributed by atoms with Gasteiger partial charge in [0, 0.05) is 11.6 Å². The summed E-state index contributed by atoms with van der Waals surface area (Å²) in [7, 11) is 0. The zero-order valence-electron chi connectivity index (χ0n) is 12.8. The summed E-state index contributed by atoms with van der Waals surface area (Å²) in [5.41, 5.74) is 1.62. The van der Waals surface area contributed by atoms with Crippen molar-refractivity contribution in [2.24, 2.45) is 0 Å². The first kappa shape index (κ1) is 15.6. The van der Waals surface area contributed by atoms with E-state index in [1.807, 2.05) is 19.9 Å². The van der Waals surface area contributed by atoms with Crippen LogP contribution in [0.4, 0.5) is 9.52 Å². The highest BCUT2D eigenvalue weighted by molar-refractivity contribution is 7.21. The van der Waals surface area contributed by atoms with Crippen LogP contribution in [0.5, 0.6) is 0 Å². The van der Waals surface area contributed by atoms with E-state index < -0.39 is 11.7 Å². The van der Waals surface area contributed by atoms with Gasteiger partial charge in [0.2, 0.25) is 0 Å². The number of aromatic nitrogens is 2. The Kier molecular flexibility index (Phi) is 4.34. The van der Waals surface area contributed by atoms with Gasteiger partial charge in [0.05, 0.1) is 11.6 Å². The number of nitrogens with zero attached hydrogens (tertiary/aromatic N) is 2. The quantitative estimate of drug-likeness (QED) is 0.719. The second kappa shape index (κ2) is 6.42. The summed E-state index contributed by atoms with van der Waals surface area (Å²) in [4.78, 5) is 21.2. The van der Waals surface area contributed by atoms with Crippen LogP contribution in [0.2, 0.25) is 0 Å². The molecule has 0 aliphatic rings. The van der Waals surface area contributed by atoms with Gasteiger partial charge in [-0.2, -0.15) is 0 Å². The highest BCUT2D eigenvalue weighted by atomic mass is 32.1. The Bertz CT molecular complexity index is 847. The van der Waals surface area contributed by atoms with Crippen LogP contribution in [0.1, 0.15) is 31.0 Å². The number of rotatable bonds is 5. The smallest absolute Gasteiger partial charge is 0.185 e. The predicted octanol–water partition coefficient (Wildman–Crippen LogP) is 3.98. The van der Waals surface area contributed by atoms with Crippen LogP contribution in [0.15, 0.2) is 36.4 Å². The maximum atomic E-state index is 14.0. The number of hydrogen-bond donors (Lipinski definition) is 1. The van der Waals surface area contributed by atoms with Crippen LogP contribution in [-0.4, -0.2) is 22.3 Å². The maximum absolute atomic E-state index is 14.0. The summed E-state index contributed by atoms with van der Waals surface area (Å²) < 4.78 is 14.0. The summed E-state index contributed by atoms with van der Waals surface area (Å²) in [5, 5.41) is 4.02. The summed E-state index contributed by atoms with van der Waals surface area (Å²) in [5.74, 6) is -1.12. The van der Waals surface area contributed by atoms with Gasteiger partial charge in [0.15, 0.2) is 5.13 Å². The third-order valence-corrected chi connectivity index (χ3v) is 4.28. The van der Waals surface area contributed by atoms with E-state index in [4.69, 9.17) is 0 Å². The molecular weight excluding hydrogens is 313 g/mol. The van der Waals surface area contributed by atoms with E-state index in [1.165, 1.54) is 17.4 Å². The lowest BCUT2D eigenvalue weighted by Gasteiger charge is -2.10. The molecule has 2 heterocycles. The van der Waals surface area contributed by atoms with Crippen molar-refractivity contribution < 1.29 is 9.18 Å². The third-order valence-electron chi connectivity index (χ3n) is 3.38. The first-order chi connectivity index (χ1) is 11.1. The van der Waals surface area contributed by atoms with E-state index in [0.29, 0.717) is 11.3 Å². The number of anilines is 1. The minimum absolute atomic E-state index is 0.274. The monoisotopic (exact) mass is 329 g/mol. The molecule has 0 bridgehead atoms. The Morgan fingerprint density at radius 2 is 1.96 bits per heavy atom. The number of fused-ring (bicyclic) bond motifs is 1. The van der Waals surface area contributed by atoms with Gasteiger partial charge in [-0.3, -0.25) is 0 Å². The number of hydrogen-bond acceptors (Lipinski definition) is 5. The van der Waals surface area contributed by atoms with Crippen LogP contribution < -0.4 is 5.32 Å². The fourth-order valence-electron chi connectivity index (χ4n) is 2.34. The van der Waals surface area contributed by atoms with E-state index in [1.54, 1.807) is 24.3 Å². The Balaban J connectivity index is 2.01. The summed E-state index contributed by atoms with van der Waals surface area (Å²) >= 11 is 1.42. The molecule has 1 unspecified atom stereocenters. The molecule has 1 aromatic carbocycles. The van der Waals surface area contributed by atoms with Crippen LogP contribution >= 0.6 is 11.3 Å². The minimum Gasteiger partial charge on any atom is -0.359 e. The predicted molar refractivity (Wildman–Crippen MR) is 90.5 cm³/mol. The van der Waals surface area contributed by atoms with E-state index in [2.05, 4.69) is 15.3 Å². The first-order valence-electron chi connectivity index (χ1n) is 7.32. The van der Waals surface area contributed by atoms with Gasteiger partial charge >= 0.3 is 0 Å². The maximum Gasteiger partial charge on any atom is 0.185 e. The third kappa shape index (κ3) is 3.22. The number of carbonyl (C=O) groups is 1. The molecule has 23 heavy (non-hydrogen) atoms. The van der Waals surface area contributed by atoms with Crippen LogP contribution in [0, 0.1) is 5.82 Å². The largest absolute Gasteiger partial charge is 0.359 e. The Morgan fingerprint density at radius 1 is 1.17 bits per heavy atom. The lowest BCUT2D eigenvalue weighted by atomic mass is 9.96. The normalized spacial score (nSPS) is 12.5. The lowest BCUT2D eigenvalue weighted by molar-refractivity contribution is -0.108. The second-order valence-electron chi connectivity index (χ2n) is 5.51. The van der Waals surface area contributed by atoms with Crippen molar-refractivity contribution in [3.8, 4) is 0 Å². The molecule has 0 saturated heterocycles. The molecule has 0 amide bonds. The van der Waals surface area contributed by atoms with Crippen LogP contribution in [0.3, 0.4) is 0 Å². The van der Waals surface area contributed by atoms with Crippen molar-refractivity contribution in [2.45, 2.75) is 25.8 Å². The van der Waals surface area contributed by atoms with Gasteiger partial charge in [-0.25, -0.2) is 14.4 Å². The standard InChI is InChI=1S/C17H16FN3OS/c1-10(2)19-17-21-15-8-7-14(20-16(15)23-17)12(9-22)11-5-3-4-6-13(11)18/h3-10,12H,1-2H3,(H,19,21). The number of halogens is 1. The molecule has 1 atom stereocenters. The molecule has 3 aromatic rings. The number of benzene rings is 1. The molecule has 0 radical (unpaired) electrons. The number of carbonyl (C=O) groups excluding carboxylic acids is 1. The summed E-state index contributed by atoms with van der Waals surface area (Å²) in [6.07, 6.45) is 0.723. The van der Waals surface area contributed by atoms with Crippen molar-refractivity contribution in [3.63, 3.8) is 0 Å². The Labute approximate surface area is 137 Å².